The smallest absolute Gasteiger partial charge is 0.317 e. The van der Waals surface area contributed by atoms with Crippen molar-refractivity contribution < 1.29 is 18.0 Å². The molecular formula is C25H22F3N7OS. The predicted octanol–water partition coefficient (Wildman–Crippen LogP) is 4.31. The van der Waals surface area contributed by atoms with Crippen LogP contribution in [-0.2, 0) is 11.0 Å². The Morgan fingerprint density at radius 2 is 1.89 bits per heavy atom. The lowest BCUT2D eigenvalue weighted by Crippen LogP contribution is -2.55. The van der Waals surface area contributed by atoms with Crippen LogP contribution in [0.3, 0.4) is 0 Å². The molecule has 2 aliphatic heterocycles. The number of carbonyl (C=O) groups is 1. The van der Waals surface area contributed by atoms with E-state index in [2.05, 4.69) is 15.4 Å². The van der Waals surface area contributed by atoms with Crippen LogP contribution in [0, 0.1) is 11.3 Å². The molecule has 1 spiro atoms. The number of rotatable bonds is 3. The Bertz CT molecular complexity index is 1470. The SMILES string of the molecule is N#Cc1ncc(N2C(=O)C3(CCC3)N(c3ccc4c(cnn4C4CCNCC4)c3)C2=S)cc1C(F)(F)F. The Kier molecular flexibility index (Phi) is 5.47. The average molecular weight is 526 g/mol. The fourth-order valence-electron chi connectivity index (χ4n) is 5.61. The maximum absolute atomic E-state index is 13.7. The number of piperidine rings is 1. The summed E-state index contributed by atoms with van der Waals surface area (Å²) in [5, 5.41) is 18.1. The highest BCUT2D eigenvalue weighted by Gasteiger charge is 2.59. The molecule has 0 radical (unpaired) electrons. The molecule has 0 atom stereocenters. The third kappa shape index (κ3) is 3.59. The van der Waals surface area contributed by atoms with Gasteiger partial charge in [0.25, 0.3) is 5.91 Å². The van der Waals surface area contributed by atoms with Crippen molar-refractivity contribution in [1.82, 2.24) is 20.1 Å². The van der Waals surface area contributed by atoms with Gasteiger partial charge in [-0.25, -0.2) is 4.98 Å². The molecule has 1 aliphatic carbocycles. The lowest BCUT2D eigenvalue weighted by molar-refractivity contribution is -0.138. The van der Waals surface area contributed by atoms with Crippen LogP contribution in [0.5, 0.6) is 0 Å². The normalized spacial score (nSPS) is 20.1. The molecule has 1 saturated carbocycles. The minimum atomic E-state index is -4.80. The van der Waals surface area contributed by atoms with Gasteiger partial charge in [-0.15, -0.1) is 0 Å². The van der Waals surface area contributed by atoms with Gasteiger partial charge in [0.05, 0.1) is 35.2 Å². The van der Waals surface area contributed by atoms with E-state index >= 15 is 0 Å². The van der Waals surface area contributed by atoms with Gasteiger partial charge in [-0.2, -0.15) is 23.5 Å². The molecule has 12 heteroatoms. The Morgan fingerprint density at radius 3 is 2.54 bits per heavy atom. The molecule has 4 heterocycles. The van der Waals surface area contributed by atoms with Gasteiger partial charge >= 0.3 is 6.18 Å². The zero-order valence-electron chi connectivity index (χ0n) is 19.6. The highest BCUT2D eigenvalue weighted by Crippen LogP contribution is 2.48. The summed E-state index contributed by atoms with van der Waals surface area (Å²) in [4.78, 5) is 20.3. The molecule has 3 aromatic rings. The van der Waals surface area contributed by atoms with Crippen molar-refractivity contribution in [2.24, 2.45) is 0 Å². The van der Waals surface area contributed by atoms with Crippen LogP contribution in [0.4, 0.5) is 24.5 Å². The van der Waals surface area contributed by atoms with Crippen LogP contribution in [-0.4, -0.2) is 44.4 Å². The topological polar surface area (TPSA) is 90.1 Å². The standard InChI is InChI=1S/C25H22F3N7OS/c26-25(27,28)19-11-18(14-31-20(19)12-29)33-22(36)24(6-1-7-24)34(23(33)37)17-2-3-21-15(10-17)13-32-35(21)16-4-8-30-9-5-16/h2-3,10-11,13-14,16,30H,1,4-9H2. The summed E-state index contributed by atoms with van der Waals surface area (Å²) in [7, 11) is 0. The maximum atomic E-state index is 13.7. The molecular weight excluding hydrogens is 503 g/mol. The van der Waals surface area contributed by atoms with E-state index in [1.165, 1.54) is 6.07 Å². The minimum absolute atomic E-state index is 0.0921. The van der Waals surface area contributed by atoms with E-state index in [-0.39, 0.29) is 16.7 Å². The zero-order chi connectivity index (χ0) is 25.9. The number of pyridine rings is 1. The van der Waals surface area contributed by atoms with E-state index in [1.807, 2.05) is 22.9 Å². The van der Waals surface area contributed by atoms with Crippen molar-refractivity contribution in [3.8, 4) is 6.07 Å². The fraction of sp³-hybridized carbons (Fsp3) is 0.400. The Labute approximate surface area is 215 Å². The largest absolute Gasteiger partial charge is 0.419 e. The summed E-state index contributed by atoms with van der Waals surface area (Å²) in [6.45, 7) is 1.87. The number of thiocarbonyl (C=S) groups is 1. The second kappa shape index (κ2) is 8.49. The number of anilines is 2. The number of alkyl halides is 3. The summed E-state index contributed by atoms with van der Waals surface area (Å²) in [6, 6.07) is 8.34. The molecule has 2 aromatic heterocycles. The zero-order valence-corrected chi connectivity index (χ0v) is 20.4. The van der Waals surface area contributed by atoms with E-state index < -0.39 is 23.0 Å². The molecule has 0 bridgehead atoms. The molecule has 3 fully saturated rings. The van der Waals surface area contributed by atoms with Crippen LogP contribution in [0.15, 0.2) is 36.7 Å². The van der Waals surface area contributed by atoms with Gasteiger partial charge < -0.3 is 10.2 Å². The number of fused-ring (bicyclic) bond motifs is 1. The molecule has 1 amide bonds. The van der Waals surface area contributed by atoms with Crippen LogP contribution in [0.25, 0.3) is 10.9 Å². The fourth-order valence-corrected chi connectivity index (χ4v) is 6.08. The van der Waals surface area contributed by atoms with E-state index in [0.717, 1.165) is 60.4 Å². The lowest BCUT2D eigenvalue weighted by Gasteiger charge is -2.43. The third-order valence-electron chi connectivity index (χ3n) is 7.63. The number of hydrogen-bond donors (Lipinski definition) is 1. The van der Waals surface area contributed by atoms with Gasteiger partial charge in [-0.3, -0.25) is 14.4 Å². The first-order chi connectivity index (χ1) is 17.7. The van der Waals surface area contributed by atoms with Crippen LogP contribution in [0.1, 0.15) is 49.4 Å². The Morgan fingerprint density at radius 1 is 1.14 bits per heavy atom. The van der Waals surface area contributed by atoms with Crippen LogP contribution < -0.4 is 15.1 Å². The summed E-state index contributed by atoms with van der Waals surface area (Å²) in [5.41, 5.74) is -1.33. The summed E-state index contributed by atoms with van der Waals surface area (Å²) in [5.74, 6) is -0.381. The molecule has 2 saturated heterocycles. The van der Waals surface area contributed by atoms with Gasteiger partial charge in [-0.1, -0.05) is 0 Å². The first-order valence-corrected chi connectivity index (χ1v) is 12.5. The van der Waals surface area contributed by atoms with Crippen molar-refractivity contribution in [2.75, 3.05) is 22.9 Å². The Balaban J connectivity index is 1.40. The van der Waals surface area contributed by atoms with Crippen molar-refractivity contribution >= 4 is 45.5 Å². The highest BCUT2D eigenvalue weighted by atomic mass is 32.1. The lowest BCUT2D eigenvalue weighted by atomic mass is 9.75. The molecule has 6 rings (SSSR count). The number of amides is 1. The van der Waals surface area contributed by atoms with E-state index in [1.54, 1.807) is 11.1 Å². The molecule has 37 heavy (non-hydrogen) atoms. The molecule has 8 nitrogen and oxygen atoms in total. The molecule has 3 aliphatic rings. The number of benzene rings is 1. The summed E-state index contributed by atoms with van der Waals surface area (Å²) < 4.78 is 42.9. The number of carbonyl (C=O) groups excluding carboxylic acids is 1. The van der Waals surface area contributed by atoms with E-state index in [4.69, 9.17) is 17.5 Å². The van der Waals surface area contributed by atoms with E-state index in [9.17, 15) is 18.0 Å². The molecule has 1 aromatic carbocycles. The Hall–Kier alpha value is -3.56. The van der Waals surface area contributed by atoms with Crippen molar-refractivity contribution in [2.45, 2.75) is 49.9 Å². The van der Waals surface area contributed by atoms with E-state index in [0.29, 0.717) is 24.6 Å². The number of hydrogen-bond acceptors (Lipinski definition) is 6. The monoisotopic (exact) mass is 525 g/mol. The third-order valence-corrected chi connectivity index (χ3v) is 7.99. The van der Waals surface area contributed by atoms with Crippen LogP contribution >= 0.6 is 12.2 Å². The molecule has 190 valence electrons. The van der Waals surface area contributed by atoms with Gasteiger partial charge in [0, 0.05) is 11.1 Å². The van der Waals surface area contributed by atoms with Gasteiger partial charge in [-0.05, 0) is 81.7 Å². The first-order valence-electron chi connectivity index (χ1n) is 12.1. The molecule has 1 N–H and O–H groups in total. The number of nitriles is 1. The second-order valence-electron chi connectivity index (χ2n) is 9.66. The van der Waals surface area contributed by atoms with Crippen molar-refractivity contribution in [3.63, 3.8) is 0 Å². The number of nitrogens with one attached hydrogen (secondary N) is 1. The number of halogens is 3. The van der Waals surface area contributed by atoms with Gasteiger partial charge in [0.2, 0.25) is 0 Å². The van der Waals surface area contributed by atoms with Crippen LogP contribution in [0.2, 0.25) is 0 Å². The minimum Gasteiger partial charge on any atom is -0.317 e. The summed E-state index contributed by atoms with van der Waals surface area (Å²) in [6.07, 6.45) is 1.93. The number of aromatic nitrogens is 3. The quantitative estimate of drug-likeness (QED) is 0.510. The predicted molar refractivity (Wildman–Crippen MR) is 134 cm³/mol. The van der Waals surface area contributed by atoms with Gasteiger partial charge in [0.1, 0.15) is 11.6 Å². The first kappa shape index (κ1) is 23.8. The highest BCUT2D eigenvalue weighted by molar-refractivity contribution is 7.81. The van der Waals surface area contributed by atoms with Crippen molar-refractivity contribution in [1.29, 1.82) is 5.26 Å². The number of nitrogens with zero attached hydrogens (tertiary/aromatic N) is 6. The van der Waals surface area contributed by atoms with Crippen molar-refractivity contribution in [3.05, 3.63) is 47.9 Å². The second-order valence-corrected chi connectivity index (χ2v) is 10.0. The average Bonchev–Trinajstić information content (AvgIpc) is 3.39. The maximum Gasteiger partial charge on any atom is 0.419 e. The molecule has 0 unspecified atom stereocenters. The van der Waals surface area contributed by atoms with Gasteiger partial charge in [0.15, 0.2) is 10.8 Å². The summed E-state index contributed by atoms with van der Waals surface area (Å²) >= 11 is 5.71.